The maximum absolute atomic E-state index is 11.6. The van der Waals surface area contributed by atoms with Crippen molar-refractivity contribution in [2.24, 2.45) is 0 Å². The maximum Gasteiger partial charge on any atom is 0.223 e. The molecule has 0 radical (unpaired) electrons. The third-order valence-electron chi connectivity index (χ3n) is 3.11. The van der Waals surface area contributed by atoms with Crippen LogP contribution in [0.25, 0.3) is 0 Å². The van der Waals surface area contributed by atoms with Gasteiger partial charge in [-0.3, -0.25) is 4.79 Å². The Labute approximate surface area is 94.6 Å². The Kier molecular flexibility index (Phi) is 2.94. The van der Waals surface area contributed by atoms with Crippen molar-refractivity contribution in [3.05, 3.63) is 11.7 Å². The highest BCUT2D eigenvalue weighted by molar-refractivity contribution is 5.76. The molecule has 2 rings (SSSR count). The van der Waals surface area contributed by atoms with Crippen LogP contribution in [-0.2, 0) is 10.3 Å². The van der Waals surface area contributed by atoms with Crippen LogP contribution in [0, 0.1) is 6.92 Å². The van der Waals surface area contributed by atoms with Crippen LogP contribution in [0.2, 0.25) is 0 Å². The van der Waals surface area contributed by atoms with Gasteiger partial charge in [-0.25, -0.2) is 0 Å². The van der Waals surface area contributed by atoms with E-state index in [1.54, 1.807) is 6.92 Å². The van der Waals surface area contributed by atoms with Crippen molar-refractivity contribution < 1.29 is 9.32 Å². The zero-order valence-corrected chi connectivity index (χ0v) is 9.75. The van der Waals surface area contributed by atoms with E-state index in [2.05, 4.69) is 15.5 Å². The summed E-state index contributed by atoms with van der Waals surface area (Å²) in [5, 5.41) is 7.00. The van der Waals surface area contributed by atoms with Gasteiger partial charge in [0.2, 0.25) is 11.8 Å². The highest BCUT2D eigenvalue weighted by Gasteiger charge is 2.40. The Morgan fingerprint density at radius 2 is 2.19 bits per heavy atom. The Bertz CT molecular complexity index is 380. The monoisotopic (exact) mass is 223 g/mol. The molecule has 1 N–H and O–H groups in total. The summed E-state index contributed by atoms with van der Waals surface area (Å²) in [6.45, 7) is 3.61. The molecule has 0 bridgehead atoms. The van der Waals surface area contributed by atoms with Gasteiger partial charge in [-0.05, 0) is 12.8 Å². The number of amides is 1. The van der Waals surface area contributed by atoms with E-state index in [0.29, 0.717) is 18.1 Å². The molecular formula is C11H17N3O2. The molecule has 1 amide bonds. The van der Waals surface area contributed by atoms with E-state index in [1.807, 2.05) is 6.92 Å². The van der Waals surface area contributed by atoms with Crippen molar-refractivity contribution in [3.63, 3.8) is 0 Å². The third-order valence-corrected chi connectivity index (χ3v) is 3.11. The van der Waals surface area contributed by atoms with Gasteiger partial charge >= 0.3 is 0 Å². The van der Waals surface area contributed by atoms with E-state index in [4.69, 9.17) is 4.52 Å². The minimum Gasteiger partial charge on any atom is -0.343 e. The summed E-state index contributed by atoms with van der Waals surface area (Å²) in [7, 11) is 0. The zero-order valence-electron chi connectivity index (χ0n) is 9.75. The molecule has 1 heterocycles. The molecule has 0 aliphatic heterocycles. The van der Waals surface area contributed by atoms with E-state index in [0.717, 1.165) is 25.7 Å². The summed E-state index contributed by atoms with van der Waals surface area (Å²) in [5.41, 5.74) is -0.384. The maximum atomic E-state index is 11.6. The molecule has 1 saturated carbocycles. The second-order valence-electron chi connectivity index (χ2n) is 4.33. The minimum atomic E-state index is -0.384. The van der Waals surface area contributed by atoms with Crippen molar-refractivity contribution >= 4 is 5.91 Å². The first-order valence-corrected chi connectivity index (χ1v) is 5.78. The molecule has 88 valence electrons. The van der Waals surface area contributed by atoms with Gasteiger partial charge in [-0.2, -0.15) is 4.98 Å². The van der Waals surface area contributed by atoms with Gasteiger partial charge in [0, 0.05) is 13.3 Å². The van der Waals surface area contributed by atoms with Gasteiger partial charge in [-0.15, -0.1) is 0 Å². The number of nitrogens with one attached hydrogen (secondary N) is 1. The molecule has 0 spiro atoms. The quantitative estimate of drug-likeness (QED) is 0.846. The van der Waals surface area contributed by atoms with Crippen molar-refractivity contribution in [1.82, 2.24) is 15.5 Å². The summed E-state index contributed by atoms with van der Waals surface area (Å²) >= 11 is 0. The highest BCUT2D eigenvalue weighted by Crippen LogP contribution is 2.37. The molecule has 5 nitrogen and oxygen atoms in total. The summed E-state index contributed by atoms with van der Waals surface area (Å²) in [6, 6.07) is 0. The predicted molar refractivity (Wildman–Crippen MR) is 57.6 cm³/mol. The summed E-state index contributed by atoms with van der Waals surface area (Å²) in [4.78, 5) is 15.8. The van der Waals surface area contributed by atoms with Crippen LogP contribution in [0.3, 0.4) is 0 Å². The van der Waals surface area contributed by atoms with Crippen LogP contribution in [0.4, 0.5) is 0 Å². The Balaban J connectivity index is 2.25. The van der Waals surface area contributed by atoms with Gasteiger partial charge in [-0.1, -0.05) is 24.9 Å². The van der Waals surface area contributed by atoms with Crippen molar-refractivity contribution in [2.75, 3.05) is 0 Å². The number of aromatic nitrogens is 2. The molecule has 1 fully saturated rings. The normalized spacial score (nSPS) is 18.6. The van der Waals surface area contributed by atoms with Gasteiger partial charge in [0.15, 0.2) is 5.82 Å². The molecule has 1 aromatic heterocycles. The van der Waals surface area contributed by atoms with Gasteiger partial charge in [0.05, 0.1) is 0 Å². The lowest BCUT2D eigenvalue weighted by Gasteiger charge is -2.26. The molecule has 1 aliphatic carbocycles. The van der Waals surface area contributed by atoms with Crippen molar-refractivity contribution in [1.29, 1.82) is 0 Å². The lowest BCUT2D eigenvalue weighted by atomic mass is 9.96. The number of hydrogen-bond acceptors (Lipinski definition) is 4. The number of rotatable bonds is 3. The fourth-order valence-corrected chi connectivity index (χ4v) is 2.23. The Morgan fingerprint density at radius 1 is 1.50 bits per heavy atom. The highest BCUT2D eigenvalue weighted by atomic mass is 16.5. The molecule has 0 unspecified atom stereocenters. The Morgan fingerprint density at radius 3 is 2.69 bits per heavy atom. The summed E-state index contributed by atoms with van der Waals surface area (Å²) in [5.74, 6) is 1.22. The topological polar surface area (TPSA) is 68.0 Å². The smallest absolute Gasteiger partial charge is 0.223 e. The fourth-order valence-electron chi connectivity index (χ4n) is 2.23. The average molecular weight is 223 g/mol. The second-order valence-corrected chi connectivity index (χ2v) is 4.33. The van der Waals surface area contributed by atoms with Gasteiger partial charge in [0.25, 0.3) is 0 Å². The number of carbonyl (C=O) groups is 1. The molecule has 0 atom stereocenters. The van der Waals surface area contributed by atoms with Crippen LogP contribution in [0.15, 0.2) is 4.52 Å². The van der Waals surface area contributed by atoms with E-state index in [-0.39, 0.29) is 11.4 Å². The molecule has 5 heteroatoms. The molecule has 1 aromatic rings. The first kappa shape index (κ1) is 11.1. The largest absolute Gasteiger partial charge is 0.343 e. The molecule has 16 heavy (non-hydrogen) atoms. The first-order chi connectivity index (χ1) is 7.66. The van der Waals surface area contributed by atoms with E-state index < -0.39 is 0 Å². The molecule has 0 aromatic carbocycles. The Hall–Kier alpha value is -1.39. The van der Waals surface area contributed by atoms with E-state index in [9.17, 15) is 4.79 Å². The minimum absolute atomic E-state index is 0.0457. The lowest BCUT2D eigenvalue weighted by molar-refractivity contribution is -0.122. The first-order valence-electron chi connectivity index (χ1n) is 5.78. The molecular weight excluding hydrogens is 206 g/mol. The number of hydrogen-bond donors (Lipinski definition) is 1. The fraction of sp³-hybridized carbons (Fsp3) is 0.727. The molecule has 0 saturated heterocycles. The van der Waals surface area contributed by atoms with E-state index in [1.165, 1.54) is 0 Å². The summed E-state index contributed by atoms with van der Waals surface area (Å²) in [6.07, 6.45) is 4.48. The lowest BCUT2D eigenvalue weighted by Crippen LogP contribution is -2.44. The second kappa shape index (κ2) is 4.23. The van der Waals surface area contributed by atoms with Crippen LogP contribution in [0.5, 0.6) is 0 Å². The predicted octanol–water partition coefficient (Wildman–Crippen LogP) is 1.67. The van der Waals surface area contributed by atoms with Gasteiger partial charge < -0.3 is 9.84 Å². The van der Waals surface area contributed by atoms with Crippen LogP contribution in [0.1, 0.15) is 50.7 Å². The number of carbonyl (C=O) groups excluding carboxylic acids is 1. The zero-order chi connectivity index (χ0) is 11.6. The van der Waals surface area contributed by atoms with Crippen LogP contribution >= 0.6 is 0 Å². The van der Waals surface area contributed by atoms with Crippen molar-refractivity contribution in [2.45, 2.75) is 51.5 Å². The molecule has 1 aliphatic rings. The third kappa shape index (κ3) is 1.94. The van der Waals surface area contributed by atoms with Crippen LogP contribution in [-0.4, -0.2) is 16.0 Å². The van der Waals surface area contributed by atoms with E-state index >= 15 is 0 Å². The van der Waals surface area contributed by atoms with Crippen molar-refractivity contribution in [3.8, 4) is 0 Å². The summed E-state index contributed by atoms with van der Waals surface area (Å²) < 4.78 is 5.00. The van der Waals surface area contributed by atoms with Gasteiger partial charge in [0.1, 0.15) is 5.54 Å². The SMILES string of the molecule is CCC(=O)NC1(c2noc(C)n2)CCCC1. The number of aryl methyl sites for hydroxylation is 1. The average Bonchev–Trinajstić information content (AvgIpc) is 2.88. The van der Waals surface area contributed by atoms with Crippen LogP contribution < -0.4 is 5.32 Å². The number of nitrogens with zero attached hydrogens (tertiary/aromatic N) is 2. The standard InChI is InChI=1S/C11H17N3O2/c1-3-9(15)13-11(6-4-5-7-11)10-12-8(2)16-14-10/h3-7H2,1-2H3,(H,13,15).